The fourth-order valence-corrected chi connectivity index (χ4v) is 3.67. The van der Waals surface area contributed by atoms with E-state index < -0.39 is 0 Å². The highest BCUT2D eigenvalue weighted by Gasteiger charge is 2.39. The molecule has 2 bridgehead atoms. The van der Waals surface area contributed by atoms with Gasteiger partial charge in [-0.05, 0) is 51.0 Å². The summed E-state index contributed by atoms with van der Waals surface area (Å²) < 4.78 is 0. The third-order valence-corrected chi connectivity index (χ3v) is 4.60. The molecule has 3 fully saturated rings. The third kappa shape index (κ3) is 2.76. The highest BCUT2D eigenvalue weighted by atomic mass is 35.5. The van der Waals surface area contributed by atoms with Gasteiger partial charge in [0.1, 0.15) is 0 Å². The molecule has 2 aliphatic heterocycles. The molecule has 1 aliphatic carbocycles. The van der Waals surface area contributed by atoms with Crippen LogP contribution in [0.5, 0.6) is 0 Å². The molecule has 98 valence electrons. The van der Waals surface area contributed by atoms with Crippen molar-refractivity contribution in [3.8, 4) is 0 Å². The van der Waals surface area contributed by atoms with Crippen molar-refractivity contribution < 1.29 is 4.79 Å². The first-order valence-electron chi connectivity index (χ1n) is 6.86. The van der Waals surface area contributed by atoms with E-state index >= 15 is 0 Å². The molecule has 3 unspecified atom stereocenters. The minimum Gasteiger partial charge on any atom is -0.339 e. The Kier molecular flexibility index (Phi) is 4.31. The average Bonchev–Trinajstić information content (AvgIpc) is 3.01. The molecule has 3 aliphatic rings. The summed E-state index contributed by atoms with van der Waals surface area (Å²) in [6.45, 7) is 2.20. The van der Waals surface area contributed by atoms with Crippen molar-refractivity contribution in [3.05, 3.63) is 0 Å². The van der Waals surface area contributed by atoms with Gasteiger partial charge in [-0.1, -0.05) is 0 Å². The standard InChI is InChI=1S/C13H22N2O.ClH/c16-13(6-4-11-2-1-7-14-11)15-9-10-3-5-12(15)8-10;/h10-12,14H,1-9H2;1H. The lowest BCUT2D eigenvalue weighted by atomic mass is 10.1. The first kappa shape index (κ1) is 13.2. The van der Waals surface area contributed by atoms with Crippen molar-refractivity contribution in [1.82, 2.24) is 10.2 Å². The number of rotatable bonds is 3. The molecule has 1 saturated carbocycles. The second-order valence-electron chi connectivity index (χ2n) is 5.71. The number of nitrogens with one attached hydrogen (secondary N) is 1. The van der Waals surface area contributed by atoms with Crippen LogP contribution in [0.2, 0.25) is 0 Å². The third-order valence-electron chi connectivity index (χ3n) is 4.60. The van der Waals surface area contributed by atoms with Gasteiger partial charge in [0.05, 0.1) is 0 Å². The molecule has 4 heteroatoms. The summed E-state index contributed by atoms with van der Waals surface area (Å²) in [4.78, 5) is 14.3. The largest absolute Gasteiger partial charge is 0.339 e. The van der Waals surface area contributed by atoms with Crippen LogP contribution in [0.1, 0.15) is 44.9 Å². The highest BCUT2D eigenvalue weighted by Crippen LogP contribution is 2.37. The van der Waals surface area contributed by atoms with Gasteiger partial charge in [0.2, 0.25) is 5.91 Å². The summed E-state index contributed by atoms with van der Waals surface area (Å²) in [6, 6.07) is 1.22. The number of amides is 1. The summed E-state index contributed by atoms with van der Waals surface area (Å²) in [5.74, 6) is 1.25. The Morgan fingerprint density at radius 1 is 1.29 bits per heavy atom. The number of piperidine rings is 1. The fourth-order valence-electron chi connectivity index (χ4n) is 3.67. The van der Waals surface area contributed by atoms with Gasteiger partial charge in [0.15, 0.2) is 0 Å². The minimum atomic E-state index is 0. The van der Waals surface area contributed by atoms with Gasteiger partial charge in [-0.3, -0.25) is 4.79 Å². The second kappa shape index (κ2) is 5.57. The number of hydrogen-bond acceptors (Lipinski definition) is 2. The Hall–Kier alpha value is -0.280. The lowest BCUT2D eigenvalue weighted by Gasteiger charge is -2.27. The van der Waals surface area contributed by atoms with Crippen LogP contribution in [0.4, 0.5) is 0 Å². The summed E-state index contributed by atoms with van der Waals surface area (Å²) in [6.07, 6.45) is 8.27. The maximum Gasteiger partial charge on any atom is 0.222 e. The lowest BCUT2D eigenvalue weighted by molar-refractivity contribution is -0.133. The van der Waals surface area contributed by atoms with Crippen molar-refractivity contribution in [1.29, 1.82) is 0 Å². The zero-order valence-electron chi connectivity index (χ0n) is 10.4. The zero-order valence-corrected chi connectivity index (χ0v) is 11.2. The molecule has 0 aromatic heterocycles. The second-order valence-corrected chi connectivity index (χ2v) is 5.71. The molecular weight excluding hydrogens is 236 g/mol. The zero-order chi connectivity index (χ0) is 11.0. The predicted molar refractivity (Wildman–Crippen MR) is 70.3 cm³/mol. The lowest BCUT2D eigenvalue weighted by Crippen LogP contribution is -2.38. The molecule has 0 spiro atoms. The monoisotopic (exact) mass is 258 g/mol. The molecule has 0 aromatic rings. The maximum absolute atomic E-state index is 12.1. The van der Waals surface area contributed by atoms with E-state index in [4.69, 9.17) is 0 Å². The van der Waals surface area contributed by atoms with Gasteiger partial charge in [-0.15, -0.1) is 12.4 Å². The molecule has 2 saturated heterocycles. The van der Waals surface area contributed by atoms with Crippen LogP contribution in [0.25, 0.3) is 0 Å². The topological polar surface area (TPSA) is 32.3 Å². The number of nitrogens with zero attached hydrogens (tertiary/aromatic N) is 1. The fraction of sp³-hybridized carbons (Fsp3) is 0.923. The molecule has 1 amide bonds. The Morgan fingerprint density at radius 2 is 2.18 bits per heavy atom. The normalized spacial score (nSPS) is 35.1. The van der Waals surface area contributed by atoms with Crippen LogP contribution in [-0.4, -0.2) is 36.0 Å². The number of likely N-dealkylation sites (tertiary alicyclic amines) is 1. The first-order chi connectivity index (χ1) is 7.83. The summed E-state index contributed by atoms with van der Waals surface area (Å²) in [5, 5.41) is 3.47. The Balaban J connectivity index is 0.00000108. The van der Waals surface area contributed by atoms with Crippen LogP contribution in [0.15, 0.2) is 0 Å². The van der Waals surface area contributed by atoms with Gasteiger partial charge < -0.3 is 10.2 Å². The summed E-state index contributed by atoms with van der Waals surface area (Å²) in [7, 11) is 0. The first-order valence-corrected chi connectivity index (χ1v) is 6.86. The highest BCUT2D eigenvalue weighted by molar-refractivity contribution is 5.85. The number of hydrogen-bond donors (Lipinski definition) is 1. The number of carbonyl (C=O) groups is 1. The molecular formula is C13H23ClN2O. The van der Waals surface area contributed by atoms with Crippen LogP contribution in [0, 0.1) is 5.92 Å². The number of halogens is 1. The van der Waals surface area contributed by atoms with Crippen LogP contribution >= 0.6 is 12.4 Å². The molecule has 17 heavy (non-hydrogen) atoms. The van der Waals surface area contributed by atoms with E-state index in [2.05, 4.69) is 10.2 Å². The minimum absolute atomic E-state index is 0. The molecule has 3 rings (SSSR count). The molecule has 1 N–H and O–H groups in total. The van der Waals surface area contributed by atoms with Crippen molar-refractivity contribution in [2.75, 3.05) is 13.1 Å². The summed E-state index contributed by atoms with van der Waals surface area (Å²) in [5.41, 5.74) is 0. The van der Waals surface area contributed by atoms with Gasteiger partial charge in [-0.2, -0.15) is 0 Å². The molecule has 0 radical (unpaired) electrons. The number of carbonyl (C=O) groups excluding carboxylic acids is 1. The van der Waals surface area contributed by atoms with E-state index in [1.165, 1.54) is 32.1 Å². The average molecular weight is 259 g/mol. The molecule has 3 nitrogen and oxygen atoms in total. The van der Waals surface area contributed by atoms with Gasteiger partial charge in [0.25, 0.3) is 0 Å². The van der Waals surface area contributed by atoms with Gasteiger partial charge >= 0.3 is 0 Å². The smallest absolute Gasteiger partial charge is 0.222 e. The van der Waals surface area contributed by atoms with E-state index in [1.807, 2.05) is 0 Å². The van der Waals surface area contributed by atoms with Crippen LogP contribution in [-0.2, 0) is 4.79 Å². The Labute approximate surface area is 110 Å². The van der Waals surface area contributed by atoms with E-state index in [0.29, 0.717) is 18.0 Å². The Morgan fingerprint density at radius 3 is 2.76 bits per heavy atom. The SMILES string of the molecule is Cl.O=C(CCC1CCCN1)N1CC2CCC1C2. The van der Waals surface area contributed by atoms with Crippen molar-refractivity contribution in [2.24, 2.45) is 5.92 Å². The Bertz CT molecular complexity index is 279. The maximum atomic E-state index is 12.1. The molecule has 0 aromatic carbocycles. The van der Waals surface area contributed by atoms with E-state index in [0.717, 1.165) is 31.8 Å². The quantitative estimate of drug-likeness (QED) is 0.839. The summed E-state index contributed by atoms with van der Waals surface area (Å²) >= 11 is 0. The van der Waals surface area contributed by atoms with Crippen molar-refractivity contribution in [3.63, 3.8) is 0 Å². The number of fused-ring (bicyclic) bond motifs is 2. The van der Waals surface area contributed by atoms with Crippen LogP contribution < -0.4 is 5.32 Å². The predicted octanol–water partition coefficient (Wildman–Crippen LogP) is 1.95. The molecule has 3 atom stereocenters. The van der Waals surface area contributed by atoms with Crippen LogP contribution in [0.3, 0.4) is 0 Å². The van der Waals surface area contributed by atoms with Gasteiger partial charge in [0, 0.05) is 25.0 Å². The van der Waals surface area contributed by atoms with Crippen molar-refractivity contribution >= 4 is 18.3 Å². The van der Waals surface area contributed by atoms with Gasteiger partial charge in [-0.25, -0.2) is 0 Å². The van der Waals surface area contributed by atoms with E-state index in [9.17, 15) is 4.79 Å². The molecule has 2 heterocycles. The van der Waals surface area contributed by atoms with E-state index in [-0.39, 0.29) is 12.4 Å². The van der Waals surface area contributed by atoms with Crippen molar-refractivity contribution in [2.45, 2.75) is 57.0 Å². The van der Waals surface area contributed by atoms with E-state index in [1.54, 1.807) is 0 Å².